The van der Waals surface area contributed by atoms with Crippen LogP contribution >= 0.6 is 0 Å². The third-order valence-electron chi connectivity index (χ3n) is 4.03. The Hall–Kier alpha value is -2.69. The van der Waals surface area contributed by atoms with E-state index < -0.39 is 5.82 Å². The molecule has 0 fully saturated rings. The molecule has 0 N–H and O–H groups in total. The minimum absolute atomic E-state index is 0.205. The average Bonchev–Trinajstić information content (AvgIpc) is 2.97. The Labute approximate surface area is 127 Å². The summed E-state index contributed by atoms with van der Waals surface area (Å²) in [6.45, 7) is 0.852. The lowest BCUT2D eigenvalue weighted by Crippen LogP contribution is -2.15. The first kappa shape index (κ1) is 13.0. The molecule has 0 saturated carbocycles. The predicted octanol–water partition coefficient (Wildman–Crippen LogP) is 3.47. The highest BCUT2D eigenvalue weighted by Gasteiger charge is 2.23. The molecule has 110 valence electrons. The van der Waals surface area contributed by atoms with E-state index in [2.05, 4.69) is 27.0 Å². The number of rotatable bonds is 2. The van der Waals surface area contributed by atoms with Gasteiger partial charge in [0.1, 0.15) is 12.1 Å². The molecular formula is C17H14FN3O. The summed E-state index contributed by atoms with van der Waals surface area (Å²) in [6.07, 6.45) is 2.45. The molecule has 1 aliphatic rings. The number of hydrogen-bond donors (Lipinski definition) is 0. The van der Waals surface area contributed by atoms with Crippen LogP contribution < -0.4 is 9.64 Å². The van der Waals surface area contributed by atoms with E-state index in [0.717, 1.165) is 29.9 Å². The topological polar surface area (TPSA) is 38.2 Å². The first-order valence-electron chi connectivity index (χ1n) is 7.11. The van der Waals surface area contributed by atoms with Crippen molar-refractivity contribution in [3.63, 3.8) is 0 Å². The first-order chi connectivity index (χ1) is 10.8. The highest BCUT2D eigenvalue weighted by molar-refractivity contribution is 5.93. The molecule has 4 nitrogen and oxygen atoms in total. The zero-order chi connectivity index (χ0) is 15.1. The Kier molecular flexibility index (Phi) is 2.92. The minimum atomic E-state index is -0.415. The maximum atomic E-state index is 13.9. The van der Waals surface area contributed by atoms with Crippen molar-refractivity contribution in [2.24, 2.45) is 0 Å². The zero-order valence-corrected chi connectivity index (χ0v) is 12.1. The number of anilines is 2. The van der Waals surface area contributed by atoms with Gasteiger partial charge < -0.3 is 9.64 Å². The third-order valence-corrected chi connectivity index (χ3v) is 4.03. The van der Waals surface area contributed by atoms with Gasteiger partial charge >= 0.3 is 0 Å². The Morgan fingerprint density at radius 3 is 2.91 bits per heavy atom. The summed E-state index contributed by atoms with van der Waals surface area (Å²) in [6, 6.07) is 11.3. The van der Waals surface area contributed by atoms with Crippen LogP contribution in [0.2, 0.25) is 0 Å². The maximum Gasteiger partial charge on any atom is 0.167 e. The second-order valence-corrected chi connectivity index (χ2v) is 5.23. The number of ether oxygens (including phenoxy) is 1. The van der Waals surface area contributed by atoms with E-state index >= 15 is 0 Å². The lowest BCUT2D eigenvalue weighted by atomic mass is 10.1. The summed E-state index contributed by atoms with van der Waals surface area (Å²) in [5.74, 6) is 0.575. The van der Waals surface area contributed by atoms with Crippen LogP contribution in [0.4, 0.5) is 15.9 Å². The number of halogens is 1. The van der Waals surface area contributed by atoms with Gasteiger partial charge in [-0.3, -0.25) is 0 Å². The molecule has 0 radical (unpaired) electrons. The molecule has 2 aromatic carbocycles. The van der Waals surface area contributed by atoms with Crippen molar-refractivity contribution < 1.29 is 9.13 Å². The van der Waals surface area contributed by atoms with Gasteiger partial charge in [0.2, 0.25) is 0 Å². The summed E-state index contributed by atoms with van der Waals surface area (Å²) in [7, 11) is 1.46. The molecule has 2 heterocycles. The molecule has 0 saturated heterocycles. The highest BCUT2D eigenvalue weighted by atomic mass is 19.1. The molecule has 22 heavy (non-hydrogen) atoms. The van der Waals surface area contributed by atoms with Crippen molar-refractivity contribution >= 4 is 22.4 Å². The lowest BCUT2D eigenvalue weighted by Gasteiger charge is -2.20. The number of nitrogens with zero attached hydrogens (tertiary/aromatic N) is 3. The van der Waals surface area contributed by atoms with E-state index in [4.69, 9.17) is 4.74 Å². The standard InChI is InChI=1S/C17H14FN3O/c1-22-16-8-12-14(9-13(16)18)19-10-20-17(12)21-7-6-11-4-2-3-5-15(11)21/h2-5,8-10H,6-7H2,1H3. The Bertz CT molecular complexity index is 866. The molecule has 1 aliphatic heterocycles. The van der Waals surface area contributed by atoms with Gasteiger partial charge in [-0.2, -0.15) is 0 Å². The smallest absolute Gasteiger partial charge is 0.167 e. The normalized spacial score (nSPS) is 13.5. The van der Waals surface area contributed by atoms with Crippen molar-refractivity contribution in [1.29, 1.82) is 0 Å². The molecule has 3 aromatic rings. The number of methoxy groups -OCH3 is 1. The molecule has 1 aromatic heterocycles. The largest absolute Gasteiger partial charge is 0.494 e. The molecular weight excluding hydrogens is 281 g/mol. The summed E-state index contributed by atoms with van der Waals surface area (Å²) in [5, 5.41) is 0.789. The van der Waals surface area contributed by atoms with Gasteiger partial charge in [0, 0.05) is 23.7 Å². The Balaban J connectivity index is 1.93. The fourth-order valence-electron chi connectivity index (χ4n) is 2.97. The SMILES string of the molecule is COc1cc2c(N3CCc4ccccc43)ncnc2cc1F. The molecule has 4 rings (SSSR count). The first-order valence-corrected chi connectivity index (χ1v) is 7.11. The second kappa shape index (κ2) is 4.94. The third kappa shape index (κ3) is 1.89. The molecule has 5 heteroatoms. The number of hydrogen-bond acceptors (Lipinski definition) is 4. The van der Waals surface area contributed by atoms with Gasteiger partial charge in [-0.25, -0.2) is 14.4 Å². The lowest BCUT2D eigenvalue weighted by molar-refractivity contribution is 0.387. The Morgan fingerprint density at radius 2 is 2.05 bits per heavy atom. The van der Waals surface area contributed by atoms with Gasteiger partial charge in [-0.1, -0.05) is 18.2 Å². The monoisotopic (exact) mass is 295 g/mol. The number of benzene rings is 2. The second-order valence-electron chi connectivity index (χ2n) is 5.23. The van der Waals surface area contributed by atoms with Crippen LogP contribution in [-0.4, -0.2) is 23.6 Å². The van der Waals surface area contributed by atoms with Gasteiger partial charge in [-0.15, -0.1) is 0 Å². The summed E-state index contributed by atoms with van der Waals surface area (Å²) in [5.41, 5.74) is 3.02. The van der Waals surface area contributed by atoms with Crippen molar-refractivity contribution in [1.82, 2.24) is 9.97 Å². The molecule has 0 spiro atoms. The van der Waals surface area contributed by atoms with Crippen LogP contribution in [0.25, 0.3) is 10.9 Å². The van der Waals surface area contributed by atoms with E-state index in [1.54, 1.807) is 6.07 Å². The maximum absolute atomic E-state index is 13.9. The summed E-state index contributed by atoms with van der Waals surface area (Å²) < 4.78 is 19.0. The van der Waals surface area contributed by atoms with E-state index in [9.17, 15) is 4.39 Å². The van der Waals surface area contributed by atoms with Crippen molar-refractivity contribution in [3.8, 4) is 5.75 Å². The minimum Gasteiger partial charge on any atom is -0.494 e. The fraction of sp³-hybridized carbons (Fsp3) is 0.176. The molecule has 0 bridgehead atoms. The van der Waals surface area contributed by atoms with Crippen LogP contribution in [0.3, 0.4) is 0 Å². The van der Waals surface area contributed by atoms with Crippen molar-refractivity contribution in [3.05, 3.63) is 54.1 Å². The molecule has 0 atom stereocenters. The van der Waals surface area contributed by atoms with E-state index in [1.807, 2.05) is 12.1 Å². The van der Waals surface area contributed by atoms with Crippen LogP contribution in [0.1, 0.15) is 5.56 Å². The quantitative estimate of drug-likeness (QED) is 0.725. The van der Waals surface area contributed by atoms with Crippen LogP contribution in [0, 0.1) is 5.82 Å². The van der Waals surface area contributed by atoms with E-state index in [-0.39, 0.29) is 5.75 Å². The number of para-hydroxylation sites is 1. The molecule has 0 aliphatic carbocycles. The number of aromatic nitrogens is 2. The van der Waals surface area contributed by atoms with Gasteiger partial charge in [-0.05, 0) is 24.1 Å². The summed E-state index contributed by atoms with van der Waals surface area (Å²) >= 11 is 0. The molecule has 0 amide bonds. The molecule has 0 unspecified atom stereocenters. The van der Waals surface area contributed by atoms with Crippen molar-refractivity contribution in [2.45, 2.75) is 6.42 Å². The van der Waals surface area contributed by atoms with Crippen molar-refractivity contribution in [2.75, 3.05) is 18.6 Å². The van der Waals surface area contributed by atoms with Crippen LogP contribution in [0.5, 0.6) is 5.75 Å². The highest BCUT2D eigenvalue weighted by Crippen LogP contribution is 2.37. The van der Waals surface area contributed by atoms with Gasteiger partial charge in [0.25, 0.3) is 0 Å². The number of fused-ring (bicyclic) bond motifs is 2. The van der Waals surface area contributed by atoms with Crippen LogP contribution in [-0.2, 0) is 6.42 Å². The average molecular weight is 295 g/mol. The predicted molar refractivity (Wildman–Crippen MR) is 83.2 cm³/mol. The van der Waals surface area contributed by atoms with Gasteiger partial charge in [0.15, 0.2) is 11.6 Å². The Morgan fingerprint density at radius 1 is 1.18 bits per heavy atom. The zero-order valence-electron chi connectivity index (χ0n) is 12.1. The fourth-order valence-corrected chi connectivity index (χ4v) is 2.97. The summed E-state index contributed by atoms with van der Waals surface area (Å²) in [4.78, 5) is 10.8. The van der Waals surface area contributed by atoms with Crippen LogP contribution in [0.15, 0.2) is 42.7 Å². The van der Waals surface area contributed by atoms with E-state index in [0.29, 0.717) is 5.52 Å². The van der Waals surface area contributed by atoms with Gasteiger partial charge in [0.05, 0.1) is 12.6 Å². The van der Waals surface area contributed by atoms with E-state index in [1.165, 1.54) is 25.1 Å².